The van der Waals surface area contributed by atoms with Crippen molar-refractivity contribution in [3.63, 3.8) is 0 Å². The molecule has 2 heterocycles. The number of para-hydroxylation sites is 1. The zero-order valence-corrected chi connectivity index (χ0v) is 14.4. The standard InChI is InChI=1S/C17H22N4OS/c1-14(22)21(16-6-4-3-5-7-16)17-18-15(13-23-17)12-20-10-8-19(2)9-11-20/h3-7,13H,8-12H2,1-2H3. The summed E-state index contributed by atoms with van der Waals surface area (Å²) in [6, 6.07) is 9.68. The fourth-order valence-corrected chi connectivity index (χ4v) is 3.59. The molecule has 5 nitrogen and oxygen atoms in total. The Morgan fingerprint density at radius 1 is 1.22 bits per heavy atom. The number of piperazine rings is 1. The minimum absolute atomic E-state index is 0.0169. The highest BCUT2D eigenvalue weighted by Crippen LogP contribution is 2.29. The Bertz CT molecular complexity index is 650. The van der Waals surface area contributed by atoms with Gasteiger partial charge in [-0.2, -0.15) is 0 Å². The van der Waals surface area contributed by atoms with Gasteiger partial charge in [-0.15, -0.1) is 11.3 Å². The number of likely N-dealkylation sites (N-methyl/N-ethyl adjacent to an activating group) is 1. The highest BCUT2D eigenvalue weighted by molar-refractivity contribution is 7.14. The molecule has 1 aliphatic heterocycles. The predicted molar refractivity (Wildman–Crippen MR) is 94.2 cm³/mol. The van der Waals surface area contributed by atoms with Crippen LogP contribution < -0.4 is 4.90 Å². The molecule has 0 N–H and O–H groups in total. The summed E-state index contributed by atoms with van der Waals surface area (Å²) < 4.78 is 0. The van der Waals surface area contributed by atoms with E-state index in [-0.39, 0.29) is 5.91 Å². The minimum Gasteiger partial charge on any atom is -0.304 e. The number of hydrogen-bond acceptors (Lipinski definition) is 5. The Kier molecular flexibility index (Phi) is 5.05. The van der Waals surface area contributed by atoms with E-state index in [4.69, 9.17) is 0 Å². The molecule has 0 saturated carbocycles. The van der Waals surface area contributed by atoms with Crippen LogP contribution in [0, 0.1) is 0 Å². The third-order valence-corrected chi connectivity index (χ3v) is 4.92. The van der Waals surface area contributed by atoms with Gasteiger partial charge < -0.3 is 4.90 Å². The monoisotopic (exact) mass is 330 g/mol. The molecule has 0 unspecified atom stereocenters. The van der Waals surface area contributed by atoms with E-state index < -0.39 is 0 Å². The van der Waals surface area contributed by atoms with Gasteiger partial charge in [-0.05, 0) is 19.2 Å². The highest BCUT2D eigenvalue weighted by atomic mass is 32.1. The first-order valence-corrected chi connectivity index (χ1v) is 8.72. The van der Waals surface area contributed by atoms with Gasteiger partial charge in [0, 0.05) is 45.0 Å². The number of aromatic nitrogens is 1. The predicted octanol–water partition coefficient (Wildman–Crippen LogP) is 2.58. The average molecular weight is 330 g/mol. The molecule has 0 atom stereocenters. The first kappa shape index (κ1) is 16.1. The normalized spacial score (nSPS) is 16.4. The van der Waals surface area contributed by atoms with Crippen LogP contribution in [0.2, 0.25) is 0 Å². The topological polar surface area (TPSA) is 39.7 Å². The summed E-state index contributed by atoms with van der Waals surface area (Å²) >= 11 is 1.53. The van der Waals surface area contributed by atoms with Crippen LogP contribution in [0.3, 0.4) is 0 Å². The number of carbonyl (C=O) groups is 1. The fraction of sp³-hybridized carbons (Fsp3) is 0.412. The van der Waals surface area contributed by atoms with Gasteiger partial charge in [0.25, 0.3) is 0 Å². The number of hydrogen-bond donors (Lipinski definition) is 0. The van der Waals surface area contributed by atoms with Gasteiger partial charge in [0.2, 0.25) is 5.91 Å². The van der Waals surface area contributed by atoms with E-state index in [1.54, 1.807) is 11.8 Å². The molecule has 1 aromatic heterocycles. The van der Waals surface area contributed by atoms with Crippen molar-refractivity contribution in [2.45, 2.75) is 13.5 Å². The molecule has 23 heavy (non-hydrogen) atoms. The maximum absolute atomic E-state index is 12.1. The Morgan fingerprint density at radius 3 is 2.57 bits per heavy atom. The summed E-state index contributed by atoms with van der Waals surface area (Å²) in [5.41, 5.74) is 1.90. The summed E-state index contributed by atoms with van der Waals surface area (Å²) in [4.78, 5) is 23.2. The Labute approximate surface area is 141 Å². The van der Waals surface area contributed by atoms with Crippen molar-refractivity contribution in [3.8, 4) is 0 Å². The van der Waals surface area contributed by atoms with Crippen LogP contribution in [0.5, 0.6) is 0 Å². The van der Waals surface area contributed by atoms with Crippen LogP contribution in [0.1, 0.15) is 12.6 Å². The Balaban J connectivity index is 1.73. The molecule has 2 aromatic rings. The van der Waals surface area contributed by atoms with Gasteiger partial charge in [0.05, 0.1) is 11.4 Å². The lowest BCUT2D eigenvalue weighted by atomic mass is 10.3. The maximum atomic E-state index is 12.1. The molecule has 1 amide bonds. The lowest BCUT2D eigenvalue weighted by molar-refractivity contribution is -0.115. The summed E-state index contributed by atoms with van der Waals surface area (Å²) in [5.74, 6) is -0.0169. The SMILES string of the molecule is CC(=O)N(c1ccccc1)c1nc(CN2CCN(C)CC2)cs1. The molecule has 6 heteroatoms. The van der Waals surface area contributed by atoms with Crippen molar-refractivity contribution in [2.24, 2.45) is 0 Å². The molecule has 1 aliphatic rings. The van der Waals surface area contributed by atoms with Gasteiger partial charge in [-0.25, -0.2) is 4.98 Å². The second kappa shape index (κ2) is 7.21. The lowest BCUT2D eigenvalue weighted by Gasteiger charge is -2.31. The molecule has 1 saturated heterocycles. The van der Waals surface area contributed by atoms with Crippen molar-refractivity contribution < 1.29 is 4.79 Å². The van der Waals surface area contributed by atoms with E-state index in [1.165, 1.54) is 11.3 Å². The number of amides is 1. The number of carbonyl (C=O) groups excluding carboxylic acids is 1. The Morgan fingerprint density at radius 2 is 1.91 bits per heavy atom. The fourth-order valence-electron chi connectivity index (χ4n) is 2.71. The molecule has 0 aliphatic carbocycles. The average Bonchev–Trinajstić information content (AvgIpc) is 2.98. The van der Waals surface area contributed by atoms with E-state index in [2.05, 4.69) is 27.2 Å². The highest BCUT2D eigenvalue weighted by Gasteiger charge is 2.19. The third kappa shape index (κ3) is 3.96. The summed E-state index contributed by atoms with van der Waals surface area (Å²) in [7, 11) is 2.16. The molecule has 3 rings (SSSR count). The number of thiazole rings is 1. The molecular formula is C17H22N4OS. The largest absolute Gasteiger partial charge is 0.304 e. The molecule has 1 aromatic carbocycles. The van der Waals surface area contributed by atoms with Crippen LogP contribution in [0.25, 0.3) is 0 Å². The number of benzene rings is 1. The molecule has 0 spiro atoms. The minimum atomic E-state index is -0.0169. The number of rotatable bonds is 4. The van der Waals surface area contributed by atoms with Crippen molar-refractivity contribution in [2.75, 3.05) is 38.1 Å². The molecule has 0 bridgehead atoms. The first-order valence-electron chi connectivity index (χ1n) is 7.84. The van der Waals surface area contributed by atoms with Crippen molar-refractivity contribution >= 4 is 28.1 Å². The second-order valence-corrected chi connectivity index (χ2v) is 6.73. The first-order chi connectivity index (χ1) is 11.1. The summed E-state index contributed by atoms with van der Waals surface area (Å²) in [6.45, 7) is 6.76. The van der Waals surface area contributed by atoms with Crippen LogP contribution in [-0.2, 0) is 11.3 Å². The van der Waals surface area contributed by atoms with Gasteiger partial charge in [0.1, 0.15) is 0 Å². The lowest BCUT2D eigenvalue weighted by Crippen LogP contribution is -2.43. The summed E-state index contributed by atoms with van der Waals surface area (Å²) in [6.07, 6.45) is 0. The Hall–Kier alpha value is -1.76. The van der Waals surface area contributed by atoms with Crippen LogP contribution in [-0.4, -0.2) is 53.9 Å². The molecular weight excluding hydrogens is 308 g/mol. The third-order valence-electron chi connectivity index (χ3n) is 4.04. The van der Waals surface area contributed by atoms with Crippen molar-refractivity contribution in [3.05, 3.63) is 41.4 Å². The number of nitrogens with zero attached hydrogens (tertiary/aromatic N) is 4. The van der Waals surface area contributed by atoms with Crippen LogP contribution >= 0.6 is 11.3 Å². The zero-order chi connectivity index (χ0) is 16.2. The van der Waals surface area contributed by atoms with Gasteiger partial charge in [-0.3, -0.25) is 14.6 Å². The van der Waals surface area contributed by atoms with E-state index in [0.29, 0.717) is 0 Å². The molecule has 0 radical (unpaired) electrons. The van der Waals surface area contributed by atoms with Gasteiger partial charge in [-0.1, -0.05) is 18.2 Å². The van der Waals surface area contributed by atoms with Crippen LogP contribution in [0.15, 0.2) is 35.7 Å². The summed E-state index contributed by atoms with van der Waals surface area (Å²) in [5, 5.41) is 2.81. The smallest absolute Gasteiger partial charge is 0.230 e. The van der Waals surface area contributed by atoms with E-state index in [1.807, 2.05) is 30.3 Å². The van der Waals surface area contributed by atoms with E-state index in [0.717, 1.165) is 49.2 Å². The molecule has 1 fully saturated rings. The maximum Gasteiger partial charge on any atom is 0.230 e. The quantitative estimate of drug-likeness (QED) is 0.864. The van der Waals surface area contributed by atoms with E-state index >= 15 is 0 Å². The van der Waals surface area contributed by atoms with E-state index in [9.17, 15) is 4.79 Å². The molecule has 122 valence electrons. The number of anilines is 2. The zero-order valence-electron chi connectivity index (χ0n) is 13.6. The second-order valence-electron chi connectivity index (χ2n) is 5.89. The van der Waals surface area contributed by atoms with Gasteiger partial charge >= 0.3 is 0 Å². The van der Waals surface area contributed by atoms with Crippen molar-refractivity contribution in [1.82, 2.24) is 14.8 Å². The van der Waals surface area contributed by atoms with Crippen LogP contribution in [0.4, 0.5) is 10.8 Å². The van der Waals surface area contributed by atoms with Crippen molar-refractivity contribution in [1.29, 1.82) is 0 Å². The van der Waals surface area contributed by atoms with Gasteiger partial charge in [0.15, 0.2) is 5.13 Å².